The summed E-state index contributed by atoms with van der Waals surface area (Å²) in [6, 6.07) is 6.00. The van der Waals surface area contributed by atoms with Gasteiger partial charge in [0.25, 0.3) is 13.1 Å². The quantitative estimate of drug-likeness (QED) is 0.375. The van der Waals surface area contributed by atoms with E-state index in [1.807, 2.05) is 37.0 Å². The normalized spacial score (nSPS) is 12.1. The van der Waals surface area contributed by atoms with Gasteiger partial charge in [-0.15, -0.1) is 5.10 Å². The van der Waals surface area contributed by atoms with Gasteiger partial charge in [-0.2, -0.15) is 0 Å². The highest BCUT2D eigenvalue weighted by molar-refractivity contribution is 7.66. The van der Waals surface area contributed by atoms with Crippen LogP contribution in [0.2, 0.25) is 0 Å². The molecule has 1 aromatic heterocycles. The van der Waals surface area contributed by atoms with E-state index in [9.17, 15) is 14.7 Å². The summed E-state index contributed by atoms with van der Waals surface area (Å²) in [5.74, 6) is 0. The summed E-state index contributed by atoms with van der Waals surface area (Å²) >= 11 is 0. The van der Waals surface area contributed by atoms with Crippen LogP contribution in [0.1, 0.15) is 27.7 Å². The molecule has 0 amide bonds. The van der Waals surface area contributed by atoms with E-state index in [-0.39, 0.29) is 11.3 Å². The van der Waals surface area contributed by atoms with Gasteiger partial charge in [0.1, 0.15) is 6.33 Å². The second-order valence-electron chi connectivity index (χ2n) is 5.58. The molecule has 0 aliphatic rings. The van der Waals surface area contributed by atoms with Crippen LogP contribution in [0.5, 0.6) is 0 Å². The molecule has 1 aromatic carbocycles. The van der Waals surface area contributed by atoms with Crippen LogP contribution in [0.15, 0.2) is 30.6 Å². The molecule has 0 radical (unpaired) electrons. The predicted molar refractivity (Wildman–Crippen MR) is 101 cm³/mol. The highest BCUT2D eigenvalue weighted by atomic mass is 31.2. The number of nitro benzene ring substituents is 1. The SMILES string of the molecule is CCN(CC)P(=O)(c1ncn(-c2ccc([N+](=O)[O-])cc2)n1)N(CC)CC. The second-order valence-corrected chi connectivity index (χ2v) is 8.20. The van der Waals surface area contributed by atoms with Gasteiger partial charge in [-0.1, -0.05) is 27.7 Å². The van der Waals surface area contributed by atoms with Crippen molar-refractivity contribution in [3.05, 3.63) is 40.7 Å². The van der Waals surface area contributed by atoms with Crippen LogP contribution in [0.25, 0.3) is 5.69 Å². The Morgan fingerprint density at radius 3 is 1.96 bits per heavy atom. The minimum Gasteiger partial charge on any atom is -0.280 e. The number of rotatable bonds is 9. The molecule has 0 fully saturated rings. The van der Waals surface area contributed by atoms with Gasteiger partial charge in [-0.05, 0) is 12.1 Å². The van der Waals surface area contributed by atoms with Crippen molar-refractivity contribution in [1.29, 1.82) is 0 Å². The summed E-state index contributed by atoms with van der Waals surface area (Å²) in [5.41, 5.74) is 0.911. The average molecular weight is 380 g/mol. The lowest BCUT2D eigenvalue weighted by Crippen LogP contribution is -2.38. The van der Waals surface area contributed by atoms with Crippen molar-refractivity contribution in [3.8, 4) is 5.69 Å². The Kier molecular flexibility index (Phi) is 6.63. The summed E-state index contributed by atoms with van der Waals surface area (Å²) in [7, 11) is -3.10. The third-order valence-corrected chi connectivity index (χ3v) is 7.68. The topological polar surface area (TPSA) is 97.4 Å². The van der Waals surface area contributed by atoms with E-state index in [0.29, 0.717) is 31.9 Å². The molecule has 0 unspecified atom stereocenters. The van der Waals surface area contributed by atoms with E-state index in [2.05, 4.69) is 10.1 Å². The first-order valence-corrected chi connectivity index (χ1v) is 10.3. The van der Waals surface area contributed by atoms with Crippen molar-refractivity contribution in [3.63, 3.8) is 0 Å². The molecule has 0 saturated carbocycles. The molecule has 1 heterocycles. The summed E-state index contributed by atoms with van der Waals surface area (Å²) in [6.45, 7) is 10.3. The minimum absolute atomic E-state index is 0.00560. The zero-order chi connectivity index (χ0) is 19.3. The van der Waals surface area contributed by atoms with Crippen molar-refractivity contribution in [2.24, 2.45) is 0 Å². The van der Waals surface area contributed by atoms with Gasteiger partial charge in [0, 0.05) is 38.3 Å². The van der Waals surface area contributed by atoms with E-state index in [4.69, 9.17) is 0 Å². The van der Waals surface area contributed by atoms with Gasteiger partial charge in [0.2, 0.25) is 5.57 Å². The number of hydrogen-bond donors (Lipinski definition) is 0. The Morgan fingerprint density at radius 2 is 1.54 bits per heavy atom. The van der Waals surface area contributed by atoms with Crippen LogP contribution in [-0.4, -0.2) is 55.2 Å². The van der Waals surface area contributed by atoms with E-state index in [0.717, 1.165) is 0 Å². The van der Waals surface area contributed by atoms with Crippen LogP contribution >= 0.6 is 7.44 Å². The molecule has 0 bridgehead atoms. The molecule has 0 aliphatic heterocycles. The fourth-order valence-corrected chi connectivity index (χ4v) is 5.70. The van der Waals surface area contributed by atoms with E-state index < -0.39 is 12.4 Å². The van der Waals surface area contributed by atoms with Gasteiger partial charge < -0.3 is 0 Å². The van der Waals surface area contributed by atoms with Gasteiger partial charge in [-0.3, -0.25) is 14.7 Å². The van der Waals surface area contributed by atoms with Gasteiger partial charge in [-0.25, -0.2) is 19.0 Å². The number of aromatic nitrogens is 3. The monoisotopic (exact) mass is 380 g/mol. The molecule has 0 N–H and O–H groups in total. The number of benzene rings is 1. The smallest absolute Gasteiger partial charge is 0.280 e. The van der Waals surface area contributed by atoms with Crippen LogP contribution < -0.4 is 5.57 Å². The number of non-ortho nitro benzene ring substituents is 1. The van der Waals surface area contributed by atoms with Crippen molar-refractivity contribution < 1.29 is 9.49 Å². The van der Waals surface area contributed by atoms with E-state index in [1.54, 1.807) is 12.1 Å². The van der Waals surface area contributed by atoms with Crippen molar-refractivity contribution in [2.45, 2.75) is 27.7 Å². The fraction of sp³-hybridized carbons (Fsp3) is 0.500. The third kappa shape index (κ3) is 3.70. The predicted octanol–water partition coefficient (Wildman–Crippen LogP) is 2.68. The minimum atomic E-state index is -3.10. The maximum Gasteiger partial charge on any atom is 0.283 e. The molecule has 2 rings (SSSR count). The van der Waals surface area contributed by atoms with Crippen molar-refractivity contribution >= 4 is 18.7 Å². The lowest BCUT2D eigenvalue weighted by molar-refractivity contribution is -0.384. The standard InChI is InChI=1S/C16H25N6O3P/c1-5-19(6-2)26(25,20(7-3)8-4)16-17-13-21(18-16)14-9-11-15(12-10-14)22(23)24/h9-13H,5-8H2,1-4H3. The highest BCUT2D eigenvalue weighted by Crippen LogP contribution is 2.50. The van der Waals surface area contributed by atoms with Gasteiger partial charge >= 0.3 is 0 Å². The zero-order valence-corrected chi connectivity index (χ0v) is 16.5. The molecule has 142 valence electrons. The molecule has 0 aliphatic carbocycles. The Morgan fingerprint density at radius 1 is 1.04 bits per heavy atom. The molecular weight excluding hydrogens is 355 g/mol. The van der Waals surface area contributed by atoms with Gasteiger partial charge in [0.15, 0.2) is 0 Å². The lowest BCUT2D eigenvalue weighted by atomic mass is 10.3. The Balaban J connectivity index is 2.46. The zero-order valence-electron chi connectivity index (χ0n) is 15.6. The first-order chi connectivity index (χ1) is 12.4. The lowest BCUT2D eigenvalue weighted by Gasteiger charge is -2.35. The highest BCUT2D eigenvalue weighted by Gasteiger charge is 2.39. The summed E-state index contributed by atoms with van der Waals surface area (Å²) in [5, 5.41) is 15.2. The Labute approximate surface area is 153 Å². The number of nitro groups is 1. The first kappa shape index (κ1) is 20.2. The third-order valence-electron chi connectivity index (χ3n) is 4.29. The maximum atomic E-state index is 14.0. The molecule has 10 heteroatoms. The molecule has 2 aromatic rings. The molecule has 0 saturated heterocycles. The van der Waals surface area contributed by atoms with Crippen molar-refractivity contribution in [1.82, 2.24) is 24.1 Å². The van der Waals surface area contributed by atoms with Crippen LogP contribution in [0.3, 0.4) is 0 Å². The Bertz CT molecular complexity index is 768. The maximum absolute atomic E-state index is 14.0. The molecule has 9 nitrogen and oxygen atoms in total. The van der Waals surface area contributed by atoms with E-state index >= 15 is 0 Å². The van der Waals surface area contributed by atoms with E-state index in [1.165, 1.54) is 23.1 Å². The average Bonchev–Trinajstić information content (AvgIpc) is 3.14. The van der Waals surface area contributed by atoms with Crippen LogP contribution in [0, 0.1) is 10.1 Å². The molecular formula is C16H25N6O3P. The largest absolute Gasteiger partial charge is 0.283 e. The first-order valence-electron chi connectivity index (χ1n) is 8.70. The Hall–Kier alpha value is -2.09. The summed E-state index contributed by atoms with van der Waals surface area (Å²) in [6.07, 6.45) is 1.50. The van der Waals surface area contributed by atoms with Crippen LogP contribution in [0.4, 0.5) is 5.69 Å². The number of hydrogen-bond acceptors (Lipinski definition) is 5. The molecule has 0 atom stereocenters. The summed E-state index contributed by atoms with van der Waals surface area (Å²) < 4.78 is 19.2. The second kappa shape index (κ2) is 8.53. The summed E-state index contributed by atoms with van der Waals surface area (Å²) in [4.78, 5) is 14.7. The number of nitrogens with zero attached hydrogens (tertiary/aromatic N) is 6. The fourth-order valence-electron chi connectivity index (χ4n) is 2.89. The molecule has 0 spiro atoms. The van der Waals surface area contributed by atoms with Crippen LogP contribution in [-0.2, 0) is 4.57 Å². The van der Waals surface area contributed by atoms with Crippen molar-refractivity contribution in [2.75, 3.05) is 26.2 Å². The van der Waals surface area contributed by atoms with Gasteiger partial charge in [0.05, 0.1) is 10.6 Å². The molecule has 26 heavy (non-hydrogen) atoms.